The van der Waals surface area contributed by atoms with Gasteiger partial charge < -0.3 is 4.74 Å². The molecule has 1 aliphatic heterocycles. The van der Waals surface area contributed by atoms with E-state index >= 15 is 0 Å². The number of alkyl halides is 1. The molecule has 0 bridgehead atoms. The SMILES string of the molecule is CC1CCC(C(Br)c2cc(Br)ccc2Br)O1. The first-order valence-corrected chi connectivity index (χ1v) is 7.82. The Bertz CT molecular complexity index is 381. The van der Waals surface area contributed by atoms with Crippen LogP contribution in [0.1, 0.15) is 30.2 Å². The van der Waals surface area contributed by atoms with E-state index in [-0.39, 0.29) is 10.9 Å². The van der Waals surface area contributed by atoms with E-state index in [1.54, 1.807) is 0 Å². The van der Waals surface area contributed by atoms with Gasteiger partial charge in [0, 0.05) is 8.95 Å². The van der Waals surface area contributed by atoms with E-state index < -0.39 is 0 Å². The van der Waals surface area contributed by atoms with Crippen LogP contribution in [0.3, 0.4) is 0 Å². The average molecular weight is 413 g/mol. The lowest BCUT2D eigenvalue weighted by molar-refractivity contribution is 0.0556. The summed E-state index contributed by atoms with van der Waals surface area (Å²) in [4.78, 5) is 0.254. The molecule has 0 aromatic heterocycles. The summed E-state index contributed by atoms with van der Waals surface area (Å²) < 4.78 is 8.11. The van der Waals surface area contributed by atoms with Crippen LogP contribution in [0.4, 0.5) is 0 Å². The van der Waals surface area contributed by atoms with Crippen molar-refractivity contribution in [2.24, 2.45) is 0 Å². The van der Waals surface area contributed by atoms with Crippen LogP contribution in [-0.4, -0.2) is 12.2 Å². The fraction of sp³-hybridized carbons (Fsp3) is 0.500. The molecule has 0 radical (unpaired) electrons. The maximum absolute atomic E-state index is 5.89. The van der Waals surface area contributed by atoms with Crippen molar-refractivity contribution < 1.29 is 4.74 Å². The predicted octanol–water partition coefficient (Wildman–Crippen LogP) is 5.22. The monoisotopic (exact) mass is 410 g/mol. The van der Waals surface area contributed by atoms with Gasteiger partial charge in [-0.1, -0.05) is 47.8 Å². The Hall–Kier alpha value is 0.620. The summed E-state index contributed by atoms with van der Waals surface area (Å²) in [5.41, 5.74) is 1.24. The van der Waals surface area contributed by atoms with Gasteiger partial charge in [0.2, 0.25) is 0 Å². The summed E-state index contributed by atoms with van der Waals surface area (Å²) in [5.74, 6) is 0. The van der Waals surface area contributed by atoms with Crippen molar-refractivity contribution >= 4 is 47.8 Å². The quantitative estimate of drug-likeness (QED) is 0.605. The smallest absolute Gasteiger partial charge is 0.0745 e. The maximum atomic E-state index is 5.89. The van der Waals surface area contributed by atoms with Gasteiger partial charge >= 0.3 is 0 Å². The molecule has 2 rings (SSSR count). The van der Waals surface area contributed by atoms with Gasteiger partial charge in [0.15, 0.2) is 0 Å². The molecule has 1 saturated heterocycles. The maximum Gasteiger partial charge on any atom is 0.0745 e. The third kappa shape index (κ3) is 2.89. The Balaban J connectivity index is 2.20. The van der Waals surface area contributed by atoms with Gasteiger partial charge in [-0.3, -0.25) is 0 Å². The lowest BCUT2D eigenvalue weighted by Crippen LogP contribution is -2.14. The van der Waals surface area contributed by atoms with Crippen molar-refractivity contribution in [3.05, 3.63) is 32.7 Å². The number of rotatable bonds is 2. The summed E-state index contributed by atoms with van der Waals surface area (Å²) in [6.45, 7) is 2.13. The van der Waals surface area contributed by atoms with Gasteiger partial charge in [-0.25, -0.2) is 0 Å². The number of benzene rings is 1. The molecule has 1 aromatic carbocycles. The van der Waals surface area contributed by atoms with E-state index in [1.807, 2.05) is 6.07 Å². The first-order valence-electron chi connectivity index (χ1n) is 5.32. The van der Waals surface area contributed by atoms with Crippen molar-refractivity contribution in [2.75, 3.05) is 0 Å². The minimum atomic E-state index is 0.254. The van der Waals surface area contributed by atoms with Gasteiger partial charge in [-0.05, 0) is 43.5 Å². The lowest BCUT2D eigenvalue weighted by atomic mass is 10.1. The minimum Gasteiger partial charge on any atom is -0.374 e. The Morgan fingerprint density at radius 3 is 2.69 bits per heavy atom. The summed E-state index contributed by atoms with van der Waals surface area (Å²) >= 11 is 10.8. The number of ether oxygens (including phenoxy) is 1. The van der Waals surface area contributed by atoms with Gasteiger partial charge in [-0.15, -0.1) is 0 Å². The Morgan fingerprint density at radius 1 is 1.31 bits per heavy atom. The minimum absolute atomic E-state index is 0.254. The highest BCUT2D eigenvalue weighted by Gasteiger charge is 2.30. The van der Waals surface area contributed by atoms with Crippen LogP contribution >= 0.6 is 47.8 Å². The number of hydrogen-bond donors (Lipinski definition) is 0. The molecule has 1 aromatic rings. The first kappa shape index (κ1) is 13.1. The highest BCUT2D eigenvalue weighted by atomic mass is 79.9. The lowest BCUT2D eigenvalue weighted by Gasteiger charge is -2.19. The van der Waals surface area contributed by atoms with Crippen molar-refractivity contribution in [3.8, 4) is 0 Å². The average Bonchev–Trinajstić information content (AvgIpc) is 2.67. The van der Waals surface area contributed by atoms with Crippen LogP contribution in [-0.2, 0) is 4.74 Å². The molecule has 1 aliphatic rings. The summed E-state index contributed by atoms with van der Waals surface area (Å²) in [5, 5.41) is 0. The van der Waals surface area contributed by atoms with Crippen LogP contribution in [0.15, 0.2) is 27.1 Å². The summed E-state index contributed by atoms with van der Waals surface area (Å²) in [6, 6.07) is 6.23. The van der Waals surface area contributed by atoms with Crippen LogP contribution in [0.2, 0.25) is 0 Å². The molecule has 4 heteroatoms. The fourth-order valence-corrected chi connectivity index (χ4v) is 3.92. The van der Waals surface area contributed by atoms with Gasteiger partial charge in [0.25, 0.3) is 0 Å². The molecule has 0 saturated carbocycles. The van der Waals surface area contributed by atoms with Crippen LogP contribution < -0.4 is 0 Å². The van der Waals surface area contributed by atoms with Crippen LogP contribution in [0, 0.1) is 0 Å². The van der Waals surface area contributed by atoms with Gasteiger partial charge in [-0.2, -0.15) is 0 Å². The second-order valence-electron chi connectivity index (χ2n) is 4.13. The number of hydrogen-bond acceptors (Lipinski definition) is 1. The molecule has 3 atom stereocenters. The summed E-state index contributed by atoms with van der Waals surface area (Å²) in [6.07, 6.45) is 2.94. The molecule has 1 fully saturated rings. The van der Waals surface area contributed by atoms with Crippen LogP contribution in [0.5, 0.6) is 0 Å². The fourth-order valence-electron chi connectivity index (χ4n) is 1.97. The largest absolute Gasteiger partial charge is 0.374 e. The molecule has 0 spiro atoms. The van der Waals surface area contributed by atoms with E-state index in [9.17, 15) is 0 Å². The molecule has 0 aliphatic carbocycles. The molecule has 16 heavy (non-hydrogen) atoms. The molecule has 0 amide bonds. The molecule has 0 N–H and O–H groups in total. The summed E-state index contributed by atoms with van der Waals surface area (Å²) in [7, 11) is 0. The van der Waals surface area contributed by atoms with Crippen molar-refractivity contribution in [3.63, 3.8) is 0 Å². The van der Waals surface area contributed by atoms with E-state index in [1.165, 1.54) is 5.56 Å². The molecule has 88 valence electrons. The van der Waals surface area contributed by atoms with E-state index in [4.69, 9.17) is 4.74 Å². The highest BCUT2D eigenvalue weighted by molar-refractivity contribution is 9.11. The molecule has 1 nitrogen and oxygen atoms in total. The normalized spacial score (nSPS) is 27.0. The standard InChI is InChI=1S/C12H13Br3O/c1-7-2-5-11(16-7)12(15)9-6-8(13)3-4-10(9)14/h3-4,6-7,11-12H,2,5H2,1H3. The molecule has 3 unspecified atom stereocenters. The number of halogens is 3. The molecular formula is C12H13Br3O. The third-order valence-electron chi connectivity index (χ3n) is 2.85. The topological polar surface area (TPSA) is 9.23 Å². The zero-order chi connectivity index (χ0) is 11.7. The van der Waals surface area contributed by atoms with Gasteiger partial charge in [0.1, 0.15) is 0 Å². The third-order valence-corrected chi connectivity index (χ3v) is 5.14. The van der Waals surface area contributed by atoms with Crippen molar-refractivity contribution in [1.82, 2.24) is 0 Å². The second kappa shape index (κ2) is 5.51. The molecular weight excluding hydrogens is 400 g/mol. The Labute approximate surface area is 121 Å². The zero-order valence-corrected chi connectivity index (χ0v) is 13.7. The Morgan fingerprint density at radius 2 is 2.06 bits per heavy atom. The van der Waals surface area contributed by atoms with E-state index in [0.717, 1.165) is 21.8 Å². The molecule has 1 heterocycles. The Kier molecular flexibility index (Phi) is 4.50. The van der Waals surface area contributed by atoms with E-state index in [0.29, 0.717) is 6.10 Å². The highest BCUT2D eigenvalue weighted by Crippen LogP contribution is 2.39. The van der Waals surface area contributed by atoms with Crippen molar-refractivity contribution in [2.45, 2.75) is 36.8 Å². The zero-order valence-electron chi connectivity index (χ0n) is 8.92. The van der Waals surface area contributed by atoms with Crippen LogP contribution in [0.25, 0.3) is 0 Å². The van der Waals surface area contributed by atoms with Gasteiger partial charge in [0.05, 0.1) is 17.0 Å². The predicted molar refractivity (Wildman–Crippen MR) is 77.1 cm³/mol. The van der Waals surface area contributed by atoms with E-state index in [2.05, 4.69) is 66.8 Å². The first-order chi connectivity index (χ1) is 7.58. The van der Waals surface area contributed by atoms with Crippen molar-refractivity contribution in [1.29, 1.82) is 0 Å². The second-order valence-corrected chi connectivity index (χ2v) is 6.89.